The average Bonchev–Trinajstić information content (AvgIpc) is 2.30. The standard InChI is InChI=1S/C13H18N2/c1-11-5-6-12(10-14)13(9-11)15-7-3-2-4-8-15/h5-6,9-10,14H,2-4,7-8H2,1H3. The van der Waals surface area contributed by atoms with Crippen LogP contribution in [0.25, 0.3) is 0 Å². The van der Waals surface area contributed by atoms with E-state index in [9.17, 15) is 0 Å². The monoisotopic (exact) mass is 202 g/mol. The van der Waals surface area contributed by atoms with E-state index in [0.717, 1.165) is 18.7 Å². The minimum Gasteiger partial charge on any atom is -0.371 e. The van der Waals surface area contributed by atoms with Gasteiger partial charge in [-0.15, -0.1) is 0 Å². The molecule has 1 aliphatic rings. The van der Waals surface area contributed by atoms with Crippen molar-refractivity contribution in [2.45, 2.75) is 26.2 Å². The van der Waals surface area contributed by atoms with Crippen LogP contribution in [0.15, 0.2) is 18.2 Å². The van der Waals surface area contributed by atoms with Crippen molar-refractivity contribution < 1.29 is 0 Å². The lowest BCUT2D eigenvalue weighted by Crippen LogP contribution is -2.30. The number of anilines is 1. The predicted molar refractivity (Wildman–Crippen MR) is 65.1 cm³/mol. The molecule has 0 radical (unpaired) electrons. The number of nitrogens with one attached hydrogen (secondary N) is 1. The van der Waals surface area contributed by atoms with Crippen molar-refractivity contribution >= 4 is 11.9 Å². The molecule has 15 heavy (non-hydrogen) atoms. The predicted octanol–water partition coefficient (Wildman–Crippen LogP) is 2.98. The summed E-state index contributed by atoms with van der Waals surface area (Å²) in [5.74, 6) is 0. The van der Waals surface area contributed by atoms with Gasteiger partial charge in [0.1, 0.15) is 0 Å². The maximum atomic E-state index is 7.42. The minimum atomic E-state index is 1.04. The zero-order chi connectivity index (χ0) is 10.7. The minimum absolute atomic E-state index is 1.04. The molecule has 80 valence electrons. The molecule has 0 atom stereocenters. The summed E-state index contributed by atoms with van der Waals surface area (Å²) < 4.78 is 0. The van der Waals surface area contributed by atoms with E-state index < -0.39 is 0 Å². The molecule has 1 saturated heterocycles. The number of aryl methyl sites for hydroxylation is 1. The highest BCUT2D eigenvalue weighted by molar-refractivity contribution is 5.86. The molecule has 1 aromatic carbocycles. The van der Waals surface area contributed by atoms with Gasteiger partial charge in [0, 0.05) is 30.6 Å². The summed E-state index contributed by atoms with van der Waals surface area (Å²) in [5.41, 5.74) is 3.56. The van der Waals surface area contributed by atoms with Gasteiger partial charge < -0.3 is 10.3 Å². The molecule has 0 saturated carbocycles. The van der Waals surface area contributed by atoms with Gasteiger partial charge in [-0.3, -0.25) is 0 Å². The Balaban J connectivity index is 2.31. The van der Waals surface area contributed by atoms with E-state index in [1.54, 1.807) is 0 Å². The summed E-state index contributed by atoms with van der Waals surface area (Å²) in [7, 11) is 0. The maximum absolute atomic E-state index is 7.42. The van der Waals surface area contributed by atoms with Gasteiger partial charge in [0.2, 0.25) is 0 Å². The SMILES string of the molecule is Cc1ccc(C=N)c(N2CCCCC2)c1. The van der Waals surface area contributed by atoms with Crippen LogP contribution in [0, 0.1) is 12.3 Å². The van der Waals surface area contributed by atoms with Gasteiger partial charge in [-0.05, 0) is 37.8 Å². The van der Waals surface area contributed by atoms with E-state index in [1.165, 1.54) is 36.7 Å². The summed E-state index contributed by atoms with van der Waals surface area (Å²) in [6.45, 7) is 4.40. The number of hydrogen-bond donors (Lipinski definition) is 1. The summed E-state index contributed by atoms with van der Waals surface area (Å²) in [5, 5.41) is 7.42. The number of nitrogens with zero attached hydrogens (tertiary/aromatic N) is 1. The van der Waals surface area contributed by atoms with E-state index in [-0.39, 0.29) is 0 Å². The molecule has 0 spiro atoms. The van der Waals surface area contributed by atoms with Gasteiger partial charge in [-0.25, -0.2) is 0 Å². The second-order valence-corrected chi connectivity index (χ2v) is 4.25. The summed E-state index contributed by atoms with van der Waals surface area (Å²) >= 11 is 0. The van der Waals surface area contributed by atoms with Crippen LogP contribution in [0.5, 0.6) is 0 Å². The van der Waals surface area contributed by atoms with Crippen LogP contribution in [0.3, 0.4) is 0 Å². The van der Waals surface area contributed by atoms with Crippen LogP contribution in [-0.4, -0.2) is 19.3 Å². The van der Waals surface area contributed by atoms with Gasteiger partial charge >= 0.3 is 0 Å². The van der Waals surface area contributed by atoms with Crippen molar-refractivity contribution in [1.29, 1.82) is 5.41 Å². The molecule has 0 unspecified atom stereocenters. The highest BCUT2D eigenvalue weighted by Gasteiger charge is 2.13. The third-order valence-corrected chi connectivity index (χ3v) is 3.04. The maximum Gasteiger partial charge on any atom is 0.0457 e. The van der Waals surface area contributed by atoms with E-state index >= 15 is 0 Å². The lowest BCUT2D eigenvalue weighted by Gasteiger charge is -2.30. The smallest absolute Gasteiger partial charge is 0.0457 e. The van der Waals surface area contributed by atoms with E-state index in [4.69, 9.17) is 5.41 Å². The third kappa shape index (κ3) is 2.20. The Hall–Kier alpha value is -1.31. The number of rotatable bonds is 2. The lowest BCUT2D eigenvalue weighted by atomic mass is 10.1. The normalized spacial score (nSPS) is 16.5. The van der Waals surface area contributed by atoms with Crippen LogP contribution in [-0.2, 0) is 0 Å². The van der Waals surface area contributed by atoms with Crippen LogP contribution in [0.1, 0.15) is 30.4 Å². The van der Waals surface area contributed by atoms with Crippen molar-refractivity contribution in [2.75, 3.05) is 18.0 Å². The molecule has 1 aromatic rings. The average molecular weight is 202 g/mol. The number of piperidine rings is 1. The van der Waals surface area contributed by atoms with E-state index in [2.05, 4.69) is 24.0 Å². The Labute approximate surface area is 91.4 Å². The molecule has 0 aromatic heterocycles. The van der Waals surface area contributed by atoms with Crippen LogP contribution in [0.2, 0.25) is 0 Å². The molecule has 1 fully saturated rings. The quantitative estimate of drug-likeness (QED) is 0.733. The van der Waals surface area contributed by atoms with Crippen LogP contribution >= 0.6 is 0 Å². The molecule has 2 rings (SSSR count). The molecule has 0 aliphatic carbocycles. The summed E-state index contributed by atoms with van der Waals surface area (Å²) in [6, 6.07) is 6.33. The van der Waals surface area contributed by atoms with Gasteiger partial charge in [0.25, 0.3) is 0 Å². The second-order valence-electron chi connectivity index (χ2n) is 4.25. The van der Waals surface area contributed by atoms with Gasteiger partial charge in [-0.1, -0.05) is 12.1 Å². The Morgan fingerprint density at radius 1 is 1.20 bits per heavy atom. The molecule has 0 bridgehead atoms. The van der Waals surface area contributed by atoms with Gasteiger partial charge in [0.05, 0.1) is 0 Å². The molecule has 1 N–H and O–H groups in total. The van der Waals surface area contributed by atoms with Crippen LogP contribution < -0.4 is 4.90 Å². The zero-order valence-electron chi connectivity index (χ0n) is 9.29. The first-order chi connectivity index (χ1) is 7.31. The Morgan fingerprint density at radius 2 is 1.93 bits per heavy atom. The first-order valence-corrected chi connectivity index (χ1v) is 5.67. The molecule has 1 aliphatic heterocycles. The second kappa shape index (κ2) is 4.47. The number of benzene rings is 1. The Morgan fingerprint density at radius 3 is 2.60 bits per heavy atom. The fourth-order valence-electron chi connectivity index (χ4n) is 2.18. The molecule has 2 heteroatoms. The lowest BCUT2D eigenvalue weighted by molar-refractivity contribution is 0.577. The molecule has 1 heterocycles. The Kier molecular flexibility index (Phi) is 3.05. The number of hydrogen-bond acceptors (Lipinski definition) is 2. The van der Waals surface area contributed by atoms with Gasteiger partial charge in [-0.2, -0.15) is 0 Å². The third-order valence-electron chi connectivity index (χ3n) is 3.04. The van der Waals surface area contributed by atoms with Crippen molar-refractivity contribution in [3.8, 4) is 0 Å². The molecule has 2 nitrogen and oxygen atoms in total. The summed E-state index contributed by atoms with van der Waals surface area (Å²) in [4.78, 5) is 2.41. The molecular weight excluding hydrogens is 184 g/mol. The highest BCUT2D eigenvalue weighted by Crippen LogP contribution is 2.24. The summed E-state index contributed by atoms with van der Waals surface area (Å²) in [6.07, 6.45) is 5.38. The van der Waals surface area contributed by atoms with Crippen molar-refractivity contribution in [3.63, 3.8) is 0 Å². The van der Waals surface area contributed by atoms with E-state index in [1.807, 2.05) is 6.07 Å². The highest BCUT2D eigenvalue weighted by atomic mass is 15.1. The zero-order valence-corrected chi connectivity index (χ0v) is 9.29. The first-order valence-electron chi connectivity index (χ1n) is 5.67. The van der Waals surface area contributed by atoms with Crippen LogP contribution in [0.4, 0.5) is 5.69 Å². The largest absolute Gasteiger partial charge is 0.371 e. The van der Waals surface area contributed by atoms with Gasteiger partial charge in [0.15, 0.2) is 0 Å². The van der Waals surface area contributed by atoms with Crippen molar-refractivity contribution in [3.05, 3.63) is 29.3 Å². The molecular formula is C13H18N2. The van der Waals surface area contributed by atoms with E-state index in [0.29, 0.717) is 0 Å². The van der Waals surface area contributed by atoms with Crippen molar-refractivity contribution in [1.82, 2.24) is 0 Å². The Bertz CT molecular complexity index is 352. The topological polar surface area (TPSA) is 27.1 Å². The first kappa shape index (κ1) is 10.2. The molecule has 0 amide bonds. The fourth-order valence-corrected chi connectivity index (χ4v) is 2.18. The van der Waals surface area contributed by atoms with Crippen molar-refractivity contribution in [2.24, 2.45) is 0 Å². The fraction of sp³-hybridized carbons (Fsp3) is 0.462.